The van der Waals surface area contributed by atoms with Crippen molar-refractivity contribution >= 4 is 60.7 Å². The number of hydrogen-bond donors (Lipinski definition) is 2. The number of carbonyl (C=O) groups excluding carboxylic acids is 1. The van der Waals surface area contributed by atoms with Crippen molar-refractivity contribution in [3.05, 3.63) is 27.1 Å². The number of carbonyl (C=O) groups is 1. The fourth-order valence-electron chi connectivity index (χ4n) is 0.961. The van der Waals surface area contributed by atoms with Gasteiger partial charge in [-0.2, -0.15) is 0 Å². The normalized spacial score (nSPS) is 11.9. The average Bonchev–Trinajstić information content (AvgIpc) is 2.20. The molecule has 0 bridgehead atoms. The molecule has 0 heterocycles. The highest BCUT2D eigenvalue weighted by Gasteiger charge is 2.16. The van der Waals surface area contributed by atoms with Gasteiger partial charge in [0.2, 0.25) is 5.91 Å². The molecule has 16 heavy (non-hydrogen) atoms. The number of halogens is 2. The molecule has 0 spiro atoms. The van der Waals surface area contributed by atoms with E-state index >= 15 is 0 Å². The van der Waals surface area contributed by atoms with Gasteiger partial charge in [-0.15, -0.1) is 0 Å². The van der Waals surface area contributed by atoms with Crippen LogP contribution in [0.4, 0.5) is 5.69 Å². The molecule has 3 N–H and O–H groups in total. The third-order valence-corrected chi connectivity index (χ3v) is 3.51. The van der Waals surface area contributed by atoms with Gasteiger partial charge in [0.1, 0.15) is 0 Å². The summed E-state index contributed by atoms with van der Waals surface area (Å²) in [7, 11) is 0. The summed E-state index contributed by atoms with van der Waals surface area (Å²) in [6, 6.07) is 5.48. The summed E-state index contributed by atoms with van der Waals surface area (Å²) in [5.74, 6) is -0.693. The van der Waals surface area contributed by atoms with Crippen LogP contribution in [-0.4, -0.2) is 10.9 Å². The Kier molecular flexibility index (Phi) is 4.89. The van der Waals surface area contributed by atoms with E-state index in [1.54, 1.807) is 13.0 Å². The molecule has 0 aromatic heterocycles. The first kappa shape index (κ1) is 13.6. The molecule has 1 rings (SSSR count). The van der Waals surface area contributed by atoms with Gasteiger partial charge < -0.3 is 11.1 Å². The Labute approximate surface area is 116 Å². The molecule has 0 saturated carbocycles. The SMILES string of the molecule is CC(C(=O)Nc1ccc(Br)cc1Br)C(N)=S. The van der Waals surface area contributed by atoms with E-state index in [0.29, 0.717) is 5.69 Å². The molecule has 0 aliphatic rings. The zero-order valence-corrected chi connectivity index (χ0v) is 12.4. The highest BCUT2D eigenvalue weighted by Crippen LogP contribution is 2.26. The minimum absolute atomic E-state index is 0.186. The Bertz CT molecular complexity index is 437. The predicted octanol–water partition coefficient (Wildman–Crippen LogP) is 3.07. The molecule has 1 aromatic carbocycles. The van der Waals surface area contributed by atoms with E-state index in [0.717, 1.165) is 8.95 Å². The summed E-state index contributed by atoms with van der Waals surface area (Å²) >= 11 is 11.4. The highest BCUT2D eigenvalue weighted by molar-refractivity contribution is 9.11. The van der Waals surface area contributed by atoms with Crippen molar-refractivity contribution in [3.8, 4) is 0 Å². The van der Waals surface area contributed by atoms with Crippen molar-refractivity contribution in [2.45, 2.75) is 6.92 Å². The van der Waals surface area contributed by atoms with Gasteiger partial charge in [-0.1, -0.05) is 28.1 Å². The van der Waals surface area contributed by atoms with Crippen LogP contribution in [0.2, 0.25) is 0 Å². The van der Waals surface area contributed by atoms with E-state index in [9.17, 15) is 4.79 Å². The molecular formula is C10H10Br2N2OS. The number of thiocarbonyl (C=S) groups is 1. The lowest BCUT2D eigenvalue weighted by atomic mass is 10.1. The maximum atomic E-state index is 11.7. The van der Waals surface area contributed by atoms with Crippen LogP contribution in [-0.2, 0) is 4.79 Å². The molecule has 0 aliphatic heterocycles. The van der Waals surface area contributed by atoms with Crippen molar-refractivity contribution in [1.82, 2.24) is 0 Å². The van der Waals surface area contributed by atoms with Gasteiger partial charge in [0, 0.05) is 8.95 Å². The minimum Gasteiger partial charge on any atom is -0.393 e. The molecule has 3 nitrogen and oxygen atoms in total. The molecule has 6 heteroatoms. The molecule has 1 unspecified atom stereocenters. The summed E-state index contributed by atoms with van der Waals surface area (Å²) in [5.41, 5.74) is 6.10. The van der Waals surface area contributed by atoms with E-state index in [4.69, 9.17) is 18.0 Å². The van der Waals surface area contributed by atoms with Gasteiger partial charge in [0.15, 0.2) is 0 Å². The zero-order valence-electron chi connectivity index (χ0n) is 8.46. The molecule has 0 aliphatic carbocycles. The first-order valence-electron chi connectivity index (χ1n) is 4.47. The Morgan fingerprint density at radius 2 is 2.12 bits per heavy atom. The Hall–Kier alpha value is -0.460. The number of benzene rings is 1. The highest BCUT2D eigenvalue weighted by atomic mass is 79.9. The van der Waals surface area contributed by atoms with Gasteiger partial charge in [-0.05, 0) is 41.1 Å². The number of rotatable bonds is 3. The number of anilines is 1. The zero-order chi connectivity index (χ0) is 12.3. The van der Waals surface area contributed by atoms with Gasteiger partial charge in [0.05, 0.1) is 16.6 Å². The molecule has 1 aromatic rings. The number of hydrogen-bond acceptors (Lipinski definition) is 2. The van der Waals surface area contributed by atoms with Crippen LogP contribution in [0.1, 0.15) is 6.92 Å². The standard InChI is InChI=1S/C10H10Br2N2OS/c1-5(9(13)16)10(15)14-8-3-2-6(11)4-7(8)12/h2-5H,1H3,(H2,13,16)(H,14,15). The second kappa shape index (κ2) is 5.75. The average molecular weight is 366 g/mol. The number of nitrogens with one attached hydrogen (secondary N) is 1. The molecule has 86 valence electrons. The lowest BCUT2D eigenvalue weighted by molar-refractivity contribution is -0.117. The van der Waals surface area contributed by atoms with Crippen LogP contribution in [0.15, 0.2) is 27.1 Å². The third-order valence-electron chi connectivity index (χ3n) is 2.01. The fourth-order valence-corrected chi connectivity index (χ4v) is 2.21. The minimum atomic E-state index is -0.481. The van der Waals surface area contributed by atoms with Crippen LogP contribution in [0, 0.1) is 5.92 Å². The summed E-state index contributed by atoms with van der Waals surface area (Å²) < 4.78 is 1.73. The van der Waals surface area contributed by atoms with Crippen LogP contribution in [0.5, 0.6) is 0 Å². The van der Waals surface area contributed by atoms with Gasteiger partial charge in [0.25, 0.3) is 0 Å². The van der Waals surface area contributed by atoms with Crippen molar-refractivity contribution in [3.63, 3.8) is 0 Å². The van der Waals surface area contributed by atoms with Crippen LogP contribution in [0.3, 0.4) is 0 Å². The summed E-state index contributed by atoms with van der Waals surface area (Å²) in [5, 5.41) is 2.74. The molecular weight excluding hydrogens is 356 g/mol. The van der Waals surface area contributed by atoms with Crippen molar-refractivity contribution in [2.24, 2.45) is 11.7 Å². The van der Waals surface area contributed by atoms with Crippen LogP contribution < -0.4 is 11.1 Å². The topological polar surface area (TPSA) is 55.1 Å². The summed E-state index contributed by atoms with van der Waals surface area (Å²) in [6.45, 7) is 1.67. The Morgan fingerprint density at radius 3 is 2.62 bits per heavy atom. The van der Waals surface area contributed by atoms with E-state index in [1.807, 2.05) is 12.1 Å². The van der Waals surface area contributed by atoms with Crippen LogP contribution >= 0.6 is 44.1 Å². The monoisotopic (exact) mass is 364 g/mol. The summed E-state index contributed by atoms with van der Waals surface area (Å²) in [4.78, 5) is 11.9. The van der Waals surface area contributed by atoms with Crippen molar-refractivity contribution < 1.29 is 4.79 Å². The number of amides is 1. The first-order valence-corrected chi connectivity index (χ1v) is 6.46. The largest absolute Gasteiger partial charge is 0.393 e. The smallest absolute Gasteiger partial charge is 0.234 e. The quantitative estimate of drug-likeness (QED) is 0.809. The molecule has 0 radical (unpaired) electrons. The predicted molar refractivity (Wildman–Crippen MR) is 76.4 cm³/mol. The molecule has 0 saturated heterocycles. The van der Waals surface area contributed by atoms with Gasteiger partial charge in [-0.25, -0.2) is 0 Å². The van der Waals surface area contributed by atoms with Crippen LogP contribution in [0.25, 0.3) is 0 Å². The second-order valence-corrected chi connectivity index (χ2v) is 5.48. The molecule has 1 amide bonds. The fraction of sp³-hybridized carbons (Fsp3) is 0.200. The van der Waals surface area contributed by atoms with Gasteiger partial charge >= 0.3 is 0 Å². The number of nitrogens with two attached hydrogens (primary N) is 1. The van der Waals surface area contributed by atoms with E-state index in [1.165, 1.54) is 0 Å². The van der Waals surface area contributed by atoms with E-state index in [2.05, 4.69) is 37.2 Å². The van der Waals surface area contributed by atoms with Crippen molar-refractivity contribution in [2.75, 3.05) is 5.32 Å². The van der Waals surface area contributed by atoms with E-state index < -0.39 is 5.92 Å². The van der Waals surface area contributed by atoms with Crippen molar-refractivity contribution in [1.29, 1.82) is 0 Å². The Morgan fingerprint density at radius 1 is 1.50 bits per heavy atom. The first-order chi connectivity index (χ1) is 7.41. The van der Waals surface area contributed by atoms with Gasteiger partial charge in [-0.3, -0.25) is 4.79 Å². The lowest BCUT2D eigenvalue weighted by Gasteiger charge is -2.11. The maximum Gasteiger partial charge on any atom is 0.234 e. The lowest BCUT2D eigenvalue weighted by Crippen LogP contribution is -2.30. The molecule has 1 atom stereocenters. The molecule has 0 fully saturated rings. The Balaban J connectivity index is 2.81. The maximum absolute atomic E-state index is 11.7. The van der Waals surface area contributed by atoms with E-state index in [-0.39, 0.29) is 10.9 Å². The third kappa shape index (κ3) is 3.54. The second-order valence-electron chi connectivity index (χ2n) is 3.24. The summed E-state index contributed by atoms with van der Waals surface area (Å²) in [6.07, 6.45) is 0.